The molecule has 0 saturated carbocycles. The third-order valence-corrected chi connectivity index (χ3v) is 7.80. The van der Waals surface area contributed by atoms with Gasteiger partial charge in [0, 0.05) is 42.2 Å². The molecule has 0 atom stereocenters. The Labute approximate surface area is 208 Å². The molecule has 192 valence electrons. The van der Waals surface area contributed by atoms with Crippen molar-refractivity contribution < 1.29 is 36.3 Å². The second-order valence-electron chi connectivity index (χ2n) is 7.52. The third-order valence-electron chi connectivity index (χ3n) is 5.12. The molecule has 2 N–H and O–H groups in total. The van der Waals surface area contributed by atoms with Crippen molar-refractivity contribution >= 4 is 39.2 Å². The molecule has 1 amide bonds. The van der Waals surface area contributed by atoms with Crippen LogP contribution < -0.4 is 5.32 Å². The summed E-state index contributed by atoms with van der Waals surface area (Å²) in [7, 11) is -3.51. The summed E-state index contributed by atoms with van der Waals surface area (Å²) in [6, 6.07) is 9.01. The SMILES string of the molecule is CCc1ccc(C(=O)Nc2ncc3c(n2)CCN(S(=O)(=O)c2ccsc2)C3)cc1.O=C(O)C(F)(F)F. The molecule has 0 bridgehead atoms. The summed E-state index contributed by atoms with van der Waals surface area (Å²) in [6.45, 7) is 2.62. The van der Waals surface area contributed by atoms with Gasteiger partial charge in [-0.1, -0.05) is 19.1 Å². The number of sulfonamides is 1. The Morgan fingerprint density at radius 2 is 1.86 bits per heavy atom. The highest BCUT2D eigenvalue weighted by Crippen LogP contribution is 2.25. The fourth-order valence-electron chi connectivity index (χ4n) is 3.17. The van der Waals surface area contributed by atoms with Gasteiger partial charge in [-0.3, -0.25) is 10.1 Å². The molecule has 0 aliphatic carbocycles. The Balaban J connectivity index is 0.000000454. The summed E-state index contributed by atoms with van der Waals surface area (Å²) in [5, 5.41) is 13.2. The van der Waals surface area contributed by atoms with Crippen molar-refractivity contribution in [1.82, 2.24) is 14.3 Å². The average molecular weight is 543 g/mol. The van der Waals surface area contributed by atoms with E-state index in [0.717, 1.165) is 23.2 Å². The van der Waals surface area contributed by atoms with Crippen LogP contribution in [0.3, 0.4) is 0 Å². The number of nitrogens with one attached hydrogen (secondary N) is 1. The van der Waals surface area contributed by atoms with Crippen LogP contribution in [0, 0.1) is 0 Å². The van der Waals surface area contributed by atoms with E-state index in [4.69, 9.17) is 9.90 Å². The maximum absolute atomic E-state index is 12.7. The van der Waals surface area contributed by atoms with E-state index in [1.807, 2.05) is 12.1 Å². The number of aryl methyl sites for hydroxylation is 1. The molecule has 0 fully saturated rings. The molecular formula is C22H21F3N4O5S2. The third kappa shape index (κ3) is 6.65. The largest absolute Gasteiger partial charge is 0.490 e. The molecule has 0 radical (unpaired) electrons. The lowest BCUT2D eigenvalue weighted by Gasteiger charge is -2.27. The number of nitrogens with zero attached hydrogens (tertiary/aromatic N) is 3. The first-order valence-corrected chi connectivity index (χ1v) is 12.9. The molecule has 0 saturated heterocycles. The molecule has 1 aromatic carbocycles. The van der Waals surface area contributed by atoms with E-state index in [-0.39, 0.29) is 18.4 Å². The monoisotopic (exact) mass is 542 g/mol. The quantitative estimate of drug-likeness (QED) is 0.503. The average Bonchev–Trinajstić information content (AvgIpc) is 3.39. The van der Waals surface area contributed by atoms with Crippen molar-refractivity contribution in [3.63, 3.8) is 0 Å². The Kier molecular flexibility index (Phi) is 8.43. The lowest BCUT2D eigenvalue weighted by atomic mass is 10.1. The molecule has 0 spiro atoms. The van der Waals surface area contributed by atoms with Crippen molar-refractivity contribution in [3.8, 4) is 0 Å². The number of thiophene rings is 1. The molecule has 3 aromatic rings. The van der Waals surface area contributed by atoms with Gasteiger partial charge in [-0.25, -0.2) is 23.2 Å². The first-order valence-electron chi connectivity index (χ1n) is 10.5. The summed E-state index contributed by atoms with van der Waals surface area (Å²) >= 11 is 1.35. The second kappa shape index (κ2) is 11.1. The van der Waals surface area contributed by atoms with E-state index >= 15 is 0 Å². The van der Waals surface area contributed by atoms with Gasteiger partial charge < -0.3 is 5.11 Å². The minimum absolute atomic E-state index is 0.222. The van der Waals surface area contributed by atoms with Crippen LogP contribution in [-0.2, 0) is 34.2 Å². The number of anilines is 1. The number of carboxylic acids is 1. The minimum atomic E-state index is -5.08. The Morgan fingerprint density at radius 3 is 2.42 bits per heavy atom. The van der Waals surface area contributed by atoms with E-state index < -0.39 is 22.2 Å². The molecule has 36 heavy (non-hydrogen) atoms. The van der Waals surface area contributed by atoms with Gasteiger partial charge >= 0.3 is 12.1 Å². The fraction of sp³-hybridized carbons (Fsp3) is 0.273. The summed E-state index contributed by atoms with van der Waals surface area (Å²) in [5.74, 6) is -2.81. The van der Waals surface area contributed by atoms with Gasteiger partial charge in [0.25, 0.3) is 5.91 Å². The molecule has 2 aromatic heterocycles. The summed E-state index contributed by atoms with van der Waals surface area (Å²) in [6.07, 6.45) is -2.11. The van der Waals surface area contributed by atoms with Crippen molar-refractivity contribution in [3.05, 3.63) is 69.7 Å². The predicted octanol–water partition coefficient (Wildman–Crippen LogP) is 3.73. The van der Waals surface area contributed by atoms with Gasteiger partial charge in [-0.05, 0) is 35.6 Å². The highest BCUT2D eigenvalue weighted by molar-refractivity contribution is 7.89. The first-order chi connectivity index (χ1) is 16.9. The normalized spacial score (nSPS) is 13.8. The standard InChI is InChI=1S/C20H20N4O3S2.C2HF3O2/c1-2-14-3-5-15(6-4-14)19(25)23-20-21-11-16-12-24(9-7-18(16)22-20)29(26,27)17-8-10-28-13-17;3-2(4,5)1(6)7/h3-6,8,10-11,13H,2,7,9,12H2,1H3,(H,21,22,23,25);(H,6,7). The number of carbonyl (C=O) groups excluding carboxylic acids is 1. The number of amides is 1. The van der Waals surface area contributed by atoms with Crippen LogP contribution >= 0.6 is 11.3 Å². The van der Waals surface area contributed by atoms with Crippen LogP contribution in [0.4, 0.5) is 19.1 Å². The van der Waals surface area contributed by atoms with E-state index in [1.54, 1.807) is 35.2 Å². The number of carboxylic acid groups (broad SMARTS) is 1. The van der Waals surface area contributed by atoms with E-state index in [2.05, 4.69) is 22.2 Å². The molecular weight excluding hydrogens is 521 g/mol. The van der Waals surface area contributed by atoms with Gasteiger partial charge in [0.15, 0.2) is 0 Å². The summed E-state index contributed by atoms with van der Waals surface area (Å²) in [5.41, 5.74) is 3.21. The van der Waals surface area contributed by atoms with Crippen LogP contribution in [-0.4, -0.2) is 52.4 Å². The molecule has 1 aliphatic heterocycles. The Morgan fingerprint density at radius 1 is 1.19 bits per heavy atom. The van der Waals surface area contributed by atoms with Gasteiger partial charge in [0.05, 0.1) is 10.6 Å². The minimum Gasteiger partial charge on any atom is -0.475 e. The summed E-state index contributed by atoms with van der Waals surface area (Å²) in [4.78, 5) is 30.3. The molecule has 14 heteroatoms. The number of hydrogen-bond donors (Lipinski definition) is 2. The topological polar surface area (TPSA) is 130 Å². The van der Waals surface area contributed by atoms with Gasteiger partial charge in [0.1, 0.15) is 0 Å². The van der Waals surface area contributed by atoms with Crippen molar-refractivity contribution in [2.24, 2.45) is 0 Å². The van der Waals surface area contributed by atoms with E-state index in [0.29, 0.717) is 23.4 Å². The van der Waals surface area contributed by atoms with Gasteiger partial charge in [-0.2, -0.15) is 28.8 Å². The summed E-state index contributed by atoms with van der Waals surface area (Å²) < 4.78 is 58.6. The highest BCUT2D eigenvalue weighted by atomic mass is 32.2. The fourth-order valence-corrected chi connectivity index (χ4v) is 5.60. The Bertz CT molecular complexity index is 1330. The van der Waals surface area contributed by atoms with Gasteiger partial charge in [0.2, 0.25) is 16.0 Å². The smallest absolute Gasteiger partial charge is 0.475 e. The maximum atomic E-state index is 12.7. The Hall–Kier alpha value is -3.36. The zero-order chi connectivity index (χ0) is 26.5. The number of halogens is 3. The van der Waals surface area contributed by atoms with Crippen molar-refractivity contribution in [1.29, 1.82) is 0 Å². The molecule has 3 heterocycles. The highest BCUT2D eigenvalue weighted by Gasteiger charge is 2.38. The number of alkyl halides is 3. The first kappa shape index (κ1) is 27.2. The van der Waals surface area contributed by atoms with Gasteiger partial charge in [-0.15, -0.1) is 0 Å². The number of aromatic nitrogens is 2. The van der Waals surface area contributed by atoms with Crippen molar-refractivity contribution in [2.75, 3.05) is 11.9 Å². The molecule has 0 unspecified atom stereocenters. The van der Waals surface area contributed by atoms with Crippen LogP contribution in [0.25, 0.3) is 0 Å². The van der Waals surface area contributed by atoms with E-state index in [9.17, 15) is 26.4 Å². The maximum Gasteiger partial charge on any atom is 0.490 e. The van der Waals surface area contributed by atoms with E-state index in [1.165, 1.54) is 15.6 Å². The molecule has 1 aliphatic rings. The lowest BCUT2D eigenvalue weighted by Crippen LogP contribution is -2.36. The number of hydrogen-bond acceptors (Lipinski definition) is 7. The molecule has 4 rings (SSSR count). The van der Waals surface area contributed by atoms with Crippen LogP contribution in [0.5, 0.6) is 0 Å². The number of aliphatic carboxylic acids is 1. The number of fused-ring (bicyclic) bond motifs is 1. The molecule has 9 nitrogen and oxygen atoms in total. The number of benzene rings is 1. The predicted molar refractivity (Wildman–Crippen MR) is 125 cm³/mol. The van der Waals surface area contributed by atoms with Crippen molar-refractivity contribution in [2.45, 2.75) is 37.4 Å². The van der Waals surface area contributed by atoms with Crippen LogP contribution in [0.1, 0.15) is 34.1 Å². The van der Waals surface area contributed by atoms with Crippen LogP contribution in [0.2, 0.25) is 0 Å². The zero-order valence-corrected chi connectivity index (χ0v) is 20.5. The second-order valence-corrected chi connectivity index (χ2v) is 10.2. The lowest BCUT2D eigenvalue weighted by molar-refractivity contribution is -0.192. The van der Waals surface area contributed by atoms with Crippen LogP contribution in [0.15, 0.2) is 52.2 Å². The number of carbonyl (C=O) groups is 2. The zero-order valence-electron chi connectivity index (χ0n) is 18.8. The number of rotatable bonds is 5.